The molecule has 1 heterocycles. The quantitative estimate of drug-likeness (QED) is 0.717. The predicted molar refractivity (Wildman–Crippen MR) is 86.2 cm³/mol. The van der Waals surface area contributed by atoms with E-state index in [0.717, 1.165) is 0 Å². The molecule has 0 saturated heterocycles. The lowest BCUT2D eigenvalue weighted by Crippen LogP contribution is -2.14. The molecule has 3 N–H and O–H groups in total. The van der Waals surface area contributed by atoms with E-state index in [4.69, 9.17) is 17.3 Å². The normalized spacial score (nSPS) is 11.5. The summed E-state index contributed by atoms with van der Waals surface area (Å²) >= 11 is 6.00. The number of benzene rings is 2. The van der Waals surface area contributed by atoms with Crippen LogP contribution >= 0.6 is 11.6 Å². The molecule has 0 radical (unpaired) electrons. The van der Waals surface area contributed by atoms with Crippen LogP contribution in [0.4, 0.5) is 11.5 Å². The van der Waals surface area contributed by atoms with Crippen LogP contribution in [0.25, 0.3) is 11.0 Å². The van der Waals surface area contributed by atoms with Crippen LogP contribution in [0.3, 0.4) is 0 Å². The highest BCUT2D eigenvalue weighted by molar-refractivity contribution is 7.92. The van der Waals surface area contributed by atoms with Crippen molar-refractivity contribution in [1.29, 1.82) is 0 Å². The van der Waals surface area contributed by atoms with Gasteiger partial charge in [-0.3, -0.25) is 4.72 Å². The van der Waals surface area contributed by atoms with Crippen molar-refractivity contribution in [3.8, 4) is 0 Å². The molecule has 22 heavy (non-hydrogen) atoms. The molecule has 6 nitrogen and oxygen atoms in total. The number of halogens is 1. The van der Waals surface area contributed by atoms with Gasteiger partial charge in [-0.05, 0) is 36.4 Å². The molecule has 0 amide bonds. The summed E-state index contributed by atoms with van der Waals surface area (Å²) in [5, 5.41) is -0.0160. The van der Waals surface area contributed by atoms with E-state index in [2.05, 4.69) is 14.7 Å². The Bertz CT molecular complexity index is 943. The molecular formula is C14H11ClN4O2S. The highest BCUT2D eigenvalue weighted by atomic mass is 35.5. The van der Waals surface area contributed by atoms with Crippen LogP contribution in [-0.4, -0.2) is 18.4 Å². The van der Waals surface area contributed by atoms with Crippen LogP contribution < -0.4 is 10.5 Å². The molecule has 0 aliphatic heterocycles. The molecule has 8 heteroatoms. The number of rotatable bonds is 3. The maximum absolute atomic E-state index is 12.3. The number of para-hydroxylation sites is 2. The standard InChI is InChI=1S/C14H11ClN4O2S/c15-13-14(18-12-4-2-1-3-11(12)17-13)19-22(20,21)10-7-5-9(16)6-8-10/h1-8H,16H2,(H,18,19). The molecule has 0 atom stereocenters. The van der Waals surface area contributed by atoms with Crippen molar-refractivity contribution < 1.29 is 8.42 Å². The predicted octanol–water partition coefficient (Wildman–Crippen LogP) is 2.67. The van der Waals surface area contributed by atoms with Crippen molar-refractivity contribution >= 4 is 44.2 Å². The largest absolute Gasteiger partial charge is 0.399 e. The van der Waals surface area contributed by atoms with Gasteiger partial charge in [0.25, 0.3) is 10.0 Å². The number of nitrogen functional groups attached to an aromatic ring is 1. The lowest BCUT2D eigenvalue weighted by atomic mass is 10.3. The number of nitrogens with one attached hydrogen (secondary N) is 1. The van der Waals surface area contributed by atoms with Gasteiger partial charge in [0.2, 0.25) is 0 Å². The Morgan fingerprint density at radius 1 is 0.955 bits per heavy atom. The highest BCUT2D eigenvalue weighted by Gasteiger charge is 2.17. The van der Waals surface area contributed by atoms with Gasteiger partial charge >= 0.3 is 0 Å². The van der Waals surface area contributed by atoms with Gasteiger partial charge in [0.05, 0.1) is 15.9 Å². The fraction of sp³-hybridized carbons (Fsp3) is 0. The number of fused-ring (bicyclic) bond motifs is 1. The van der Waals surface area contributed by atoms with Crippen LogP contribution in [-0.2, 0) is 10.0 Å². The zero-order valence-corrected chi connectivity index (χ0v) is 12.8. The summed E-state index contributed by atoms with van der Waals surface area (Å²) in [4.78, 5) is 8.38. The van der Waals surface area contributed by atoms with Crippen LogP contribution in [0.15, 0.2) is 53.4 Å². The molecule has 3 aromatic rings. The smallest absolute Gasteiger partial charge is 0.263 e. The molecular weight excluding hydrogens is 324 g/mol. The van der Waals surface area contributed by atoms with Crippen molar-refractivity contribution in [3.05, 3.63) is 53.7 Å². The first-order valence-corrected chi connectivity index (χ1v) is 8.12. The number of nitrogens with zero attached hydrogens (tertiary/aromatic N) is 2. The van der Waals surface area contributed by atoms with E-state index in [1.807, 2.05) is 0 Å². The summed E-state index contributed by atoms with van der Waals surface area (Å²) in [6.45, 7) is 0. The van der Waals surface area contributed by atoms with E-state index in [-0.39, 0.29) is 15.9 Å². The zero-order chi connectivity index (χ0) is 15.7. The van der Waals surface area contributed by atoms with Gasteiger partial charge in [-0.1, -0.05) is 23.7 Å². The molecule has 0 unspecified atom stereocenters. The first-order valence-electron chi connectivity index (χ1n) is 6.26. The third kappa shape index (κ3) is 2.81. The summed E-state index contributed by atoms with van der Waals surface area (Å²) < 4.78 is 27.0. The number of anilines is 2. The van der Waals surface area contributed by atoms with Crippen LogP contribution in [0, 0.1) is 0 Å². The van der Waals surface area contributed by atoms with Crippen molar-refractivity contribution in [2.24, 2.45) is 0 Å². The third-order valence-corrected chi connectivity index (χ3v) is 4.57. The number of sulfonamides is 1. The Kier molecular flexibility index (Phi) is 3.59. The van der Waals surface area contributed by atoms with Gasteiger partial charge in [-0.15, -0.1) is 0 Å². The average Bonchev–Trinajstić information content (AvgIpc) is 2.48. The summed E-state index contributed by atoms with van der Waals surface area (Å²) in [5.41, 5.74) is 7.15. The minimum atomic E-state index is -3.81. The monoisotopic (exact) mass is 334 g/mol. The molecule has 3 rings (SSSR count). The fourth-order valence-electron chi connectivity index (χ4n) is 1.88. The number of hydrogen-bond acceptors (Lipinski definition) is 5. The lowest BCUT2D eigenvalue weighted by molar-refractivity contribution is 0.601. The molecule has 2 aromatic carbocycles. The maximum atomic E-state index is 12.3. The second kappa shape index (κ2) is 5.43. The summed E-state index contributed by atoms with van der Waals surface area (Å²) in [6.07, 6.45) is 0. The van der Waals surface area contributed by atoms with E-state index < -0.39 is 10.0 Å². The second-order valence-electron chi connectivity index (χ2n) is 4.53. The van der Waals surface area contributed by atoms with E-state index in [1.54, 1.807) is 24.3 Å². The van der Waals surface area contributed by atoms with Gasteiger partial charge in [0.15, 0.2) is 11.0 Å². The van der Waals surface area contributed by atoms with Gasteiger partial charge in [0.1, 0.15) is 0 Å². The SMILES string of the molecule is Nc1ccc(S(=O)(=O)Nc2nc3ccccc3nc2Cl)cc1. The van der Waals surface area contributed by atoms with Crippen molar-refractivity contribution in [1.82, 2.24) is 9.97 Å². The Labute approximate surface area is 132 Å². The molecule has 0 saturated carbocycles. The second-order valence-corrected chi connectivity index (χ2v) is 6.57. The molecule has 1 aromatic heterocycles. The van der Waals surface area contributed by atoms with E-state index in [1.165, 1.54) is 24.3 Å². The fourth-order valence-corrected chi connectivity index (χ4v) is 3.12. The Balaban J connectivity index is 2.01. The average molecular weight is 335 g/mol. The molecule has 0 fully saturated rings. The number of aromatic nitrogens is 2. The van der Waals surface area contributed by atoms with Gasteiger partial charge in [0, 0.05) is 5.69 Å². The van der Waals surface area contributed by atoms with Gasteiger partial charge < -0.3 is 5.73 Å². The molecule has 0 aliphatic carbocycles. The van der Waals surface area contributed by atoms with Crippen LogP contribution in [0.2, 0.25) is 5.15 Å². The number of nitrogens with two attached hydrogens (primary N) is 1. The lowest BCUT2D eigenvalue weighted by Gasteiger charge is -2.09. The van der Waals surface area contributed by atoms with Crippen molar-refractivity contribution in [2.45, 2.75) is 4.90 Å². The van der Waals surface area contributed by atoms with Crippen molar-refractivity contribution in [3.63, 3.8) is 0 Å². The third-order valence-electron chi connectivity index (χ3n) is 2.95. The summed E-state index contributed by atoms with van der Waals surface area (Å²) in [7, 11) is -3.81. The van der Waals surface area contributed by atoms with Crippen molar-refractivity contribution in [2.75, 3.05) is 10.5 Å². The zero-order valence-electron chi connectivity index (χ0n) is 11.2. The topological polar surface area (TPSA) is 98.0 Å². The van der Waals surface area contributed by atoms with E-state index >= 15 is 0 Å². The first-order chi connectivity index (χ1) is 10.5. The van der Waals surface area contributed by atoms with Crippen LogP contribution in [0.1, 0.15) is 0 Å². The minimum absolute atomic E-state index is 0.0160. The molecule has 0 spiro atoms. The van der Waals surface area contributed by atoms with Gasteiger partial charge in [-0.2, -0.15) is 0 Å². The molecule has 112 valence electrons. The molecule has 0 aliphatic rings. The van der Waals surface area contributed by atoms with E-state index in [0.29, 0.717) is 16.7 Å². The number of hydrogen-bond donors (Lipinski definition) is 2. The minimum Gasteiger partial charge on any atom is -0.399 e. The summed E-state index contributed by atoms with van der Waals surface area (Å²) in [6, 6.07) is 12.9. The maximum Gasteiger partial charge on any atom is 0.263 e. The Hall–Kier alpha value is -2.38. The van der Waals surface area contributed by atoms with Gasteiger partial charge in [-0.25, -0.2) is 18.4 Å². The molecule has 0 bridgehead atoms. The van der Waals surface area contributed by atoms with E-state index in [9.17, 15) is 8.42 Å². The van der Waals surface area contributed by atoms with Crippen LogP contribution in [0.5, 0.6) is 0 Å². The highest BCUT2D eigenvalue weighted by Crippen LogP contribution is 2.24. The Morgan fingerprint density at radius 3 is 2.18 bits per heavy atom. The first kappa shape index (κ1) is 14.6. The summed E-state index contributed by atoms with van der Waals surface area (Å²) in [5.74, 6) is -0.0165. The Morgan fingerprint density at radius 2 is 1.55 bits per heavy atom.